The summed E-state index contributed by atoms with van der Waals surface area (Å²) in [7, 11) is 0. The number of amidine groups is 1. The first-order chi connectivity index (χ1) is 9.54. The minimum atomic E-state index is 0.0276. The Morgan fingerprint density at radius 1 is 1.05 bits per heavy atom. The zero-order valence-electron chi connectivity index (χ0n) is 10.6. The van der Waals surface area contributed by atoms with Gasteiger partial charge in [0.05, 0.1) is 22.4 Å². The number of rotatable bonds is 2. The number of imidazole rings is 1. The number of nitrogens with one attached hydrogen (secondary N) is 2. The van der Waals surface area contributed by atoms with Gasteiger partial charge in [-0.25, -0.2) is 4.98 Å². The molecule has 0 unspecified atom stereocenters. The number of aromatic amines is 1. The lowest BCUT2D eigenvalue weighted by Gasteiger charge is -2.01. The number of aromatic nitrogens is 2. The highest BCUT2D eigenvalue weighted by molar-refractivity contribution is 5.98. The smallest absolute Gasteiger partial charge is 0.138 e. The van der Waals surface area contributed by atoms with Crippen molar-refractivity contribution in [2.24, 2.45) is 5.73 Å². The van der Waals surface area contributed by atoms with Gasteiger partial charge in [0.15, 0.2) is 0 Å². The summed E-state index contributed by atoms with van der Waals surface area (Å²) in [6.45, 7) is 0. The predicted molar refractivity (Wildman–Crippen MR) is 81.4 cm³/mol. The highest BCUT2D eigenvalue weighted by Crippen LogP contribution is 2.25. The molecule has 0 saturated carbocycles. The van der Waals surface area contributed by atoms with E-state index in [1.807, 2.05) is 12.1 Å². The number of hydrogen-bond donors (Lipinski definition) is 5. The van der Waals surface area contributed by atoms with E-state index in [0.29, 0.717) is 22.8 Å². The standard InChI is InChI=1S/C14H14N6/c15-9-3-1-8(5-10(9)16)14-19-11-4-2-7(13(17)18)6-12(11)20-14/h1-6H,15-16H2,(H3,17,18)(H,19,20). The molecule has 0 atom stereocenters. The third kappa shape index (κ3) is 1.93. The maximum absolute atomic E-state index is 7.45. The van der Waals surface area contributed by atoms with Crippen LogP contribution in [-0.4, -0.2) is 15.8 Å². The van der Waals surface area contributed by atoms with Gasteiger partial charge in [0, 0.05) is 11.1 Å². The Labute approximate surface area is 115 Å². The largest absolute Gasteiger partial charge is 0.397 e. The number of benzene rings is 2. The van der Waals surface area contributed by atoms with Gasteiger partial charge in [0.25, 0.3) is 0 Å². The number of hydrogen-bond acceptors (Lipinski definition) is 4. The summed E-state index contributed by atoms with van der Waals surface area (Å²) in [4.78, 5) is 7.69. The lowest BCUT2D eigenvalue weighted by molar-refractivity contribution is 1.34. The molecule has 0 aliphatic heterocycles. The Kier molecular flexibility index (Phi) is 2.57. The first-order valence-electron chi connectivity index (χ1n) is 6.04. The number of nitrogens with zero attached hydrogens (tertiary/aromatic N) is 1. The fraction of sp³-hybridized carbons (Fsp3) is 0. The first kappa shape index (κ1) is 12.0. The lowest BCUT2D eigenvalue weighted by atomic mass is 10.1. The normalized spacial score (nSPS) is 10.8. The van der Waals surface area contributed by atoms with Gasteiger partial charge in [-0.1, -0.05) is 0 Å². The molecule has 0 amide bonds. The molecule has 8 N–H and O–H groups in total. The van der Waals surface area contributed by atoms with E-state index in [4.69, 9.17) is 22.6 Å². The molecule has 0 aliphatic rings. The molecule has 0 radical (unpaired) electrons. The average molecular weight is 266 g/mol. The number of nitrogen functional groups attached to an aromatic ring is 3. The fourth-order valence-electron chi connectivity index (χ4n) is 2.04. The fourth-order valence-corrected chi connectivity index (χ4v) is 2.04. The van der Waals surface area contributed by atoms with E-state index >= 15 is 0 Å². The zero-order valence-corrected chi connectivity index (χ0v) is 10.6. The van der Waals surface area contributed by atoms with Gasteiger partial charge in [-0.2, -0.15) is 0 Å². The second-order valence-corrected chi connectivity index (χ2v) is 4.57. The number of anilines is 2. The van der Waals surface area contributed by atoms with Gasteiger partial charge in [-0.3, -0.25) is 5.41 Å². The van der Waals surface area contributed by atoms with Crippen LogP contribution >= 0.6 is 0 Å². The van der Waals surface area contributed by atoms with Crippen LogP contribution in [0, 0.1) is 5.41 Å². The third-order valence-corrected chi connectivity index (χ3v) is 3.15. The minimum Gasteiger partial charge on any atom is -0.397 e. The van der Waals surface area contributed by atoms with Crippen LogP contribution in [-0.2, 0) is 0 Å². The van der Waals surface area contributed by atoms with Crippen LogP contribution in [0.15, 0.2) is 36.4 Å². The highest BCUT2D eigenvalue weighted by Gasteiger charge is 2.08. The molecule has 0 spiro atoms. The summed E-state index contributed by atoms with van der Waals surface area (Å²) >= 11 is 0. The molecule has 6 nitrogen and oxygen atoms in total. The minimum absolute atomic E-state index is 0.0276. The van der Waals surface area contributed by atoms with E-state index in [-0.39, 0.29) is 5.84 Å². The Hall–Kier alpha value is -3.02. The number of H-pyrrole nitrogens is 1. The van der Waals surface area contributed by atoms with Crippen molar-refractivity contribution in [3.05, 3.63) is 42.0 Å². The van der Waals surface area contributed by atoms with E-state index in [1.54, 1.807) is 24.3 Å². The summed E-state index contributed by atoms with van der Waals surface area (Å²) < 4.78 is 0. The molecule has 3 aromatic rings. The maximum atomic E-state index is 7.45. The van der Waals surface area contributed by atoms with Crippen LogP contribution in [0.25, 0.3) is 22.4 Å². The van der Waals surface area contributed by atoms with E-state index in [1.165, 1.54) is 0 Å². The van der Waals surface area contributed by atoms with Crippen LogP contribution in [0.2, 0.25) is 0 Å². The van der Waals surface area contributed by atoms with Gasteiger partial charge in [0.1, 0.15) is 11.7 Å². The van der Waals surface area contributed by atoms with Crippen LogP contribution in [0.4, 0.5) is 11.4 Å². The van der Waals surface area contributed by atoms with Crippen molar-refractivity contribution in [1.82, 2.24) is 9.97 Å². The summed E-state index contributed by atoms with van der Waals surface area (Å²) in [5, 5.41) is 7.45. The van der Waals surface area contributed by atoms with Crippen LogP contribution in [0.3, 0.4) is 0 Å². The third-order valence-electron chi connectivity index (χ3n) is 3.15. The number of fused-ring (bicyclic) bond motifs is 1. The molecule has 1 aromatic heterocycles. The molecule has 3 rings (SSSR count). The summed E-state index contributed by atoms with van der Waals surface area (Å²) in [6.07, 6.45) is 0. The molecule has 2 aromatic carbocycles. The topological polar surface area (TPSA) is 131 Å². The quantitative estimate of drug-likeness (QED) is 0.274. The Morgan fingerprint density at radius 2 is 1.85 bits per heavy atom. The Morgan fingerprint density at radius 3 is 2.55 bits per heavy atom. The molecular formula is C14H14N6. The maximum Gasteiger partial charge on any atom is 0.138 e. The zero-order chi connectivity index (χ0) is 14.3. The van der Waals surface area contributed by atoms with Crippen molar-refractivity contribution >= 4 is 28.2 Å². The summed E-state index contributed by atoms with van der Waals surface area (Å²) in [6, 6.07) is 10.8. The summed E-state index contributed by atoms with van der Waals surface area (Å²) in [5.74, 6) is 0.729. The predicted octanol–water partition coefficient (Wildman–Crippen LogP) is 1.68. The molecule has 6 heteroatoms. The van der Waals surface area contributed by atoms with Crippen LogP contribution in [0.5, 0.6) is 0 Å². The van der Waals surface area contributed by atoms with Gasteiger partial charge >= 0.3 is 0 Å². The molecule has 20 heavy (non-hydrogen) atoms. The van der Waals surface area contributed by atoms with Crippen molar-refractivity contribution in [2.75, 3.05) is 11.5 Å². The first-order valence-corrected chi connectivity index (χ1v) is 6.04. The highest BCUT2D eigenvalue weighted by atomic mass is 14.9. The molecule has 0 fully saturated rings. The van der Waals surface area contributed by atoms with E-state index < -0.39 is 0 Å². The molecular weight excluding hydrogens is 252 g/mol. The van der Waals surface area contributed by atoms with Crippen LogP contribution < -0.4 is 17.2 Å². The average Bonchev–Trinajstić information content (AvgIpc) is 2.84. The van der Waals surface area contributed by atoms with Crippen molar-refractivity contribution in [2.45, 2.75) is 0 Å². The number of nitrogens with two attached hydrogens (primary N) is 3. The van der Waals surface area contributed by atoms with Crippen LogP contribution in [0.1, 0.15) is 5.56 Å². The van der Waals surface area contributed by atoms with Gasteiger partial charge in [0.2, 0.25) is 0 Å². The van der Waals surface area contributed by atoms with E-state index in [9.17, 15) is 0 Å². The van der Waals surface area contributed by atoms with E-state index in [0.717, 1.165) is 16.6 Å². The van der Waals surface area contributed by atoms with Crippen molar-refractivity contribution < 1.29 is 0 Å². The van der Waals surface area contributed by atoms with Crippen molar-refractivity contribution in [3.8, 4) is 11.4 Å². The summed E-state index contributed by atoms with van der Waals surface area (Å²) in [5.41, 5.74) is 21.2. The SMILES string of the molecule is N=C(N)c1ccc2nc(-c3ccc(N)c(N)c3)[nH]c2c1. The molecule has 0 bridgehead atoms. The second-order valence-electron chi connectivity index (χ2n) is 4.57. The molecule has 0 saturated heterocycles. The Balaban J connectivity index is 2.12. The molecule has 1 heterocycles. The van der Waals surface area contributed by atoms with Crippen molar-refractivity contribution in [1.29, 1.82) is 5.41 Å². The Bertz CT molecular complexity index is 818. The van der Waals surface area contributed by atoms with Gasteiger partial charge in [-0.15, -0.1) is 0 Å². The van der Waals surface area contributed by atoms with E-state index in [2.05, 4.69) is 9.97 Å². The second kappa shape index (κ2) is 4.27. The molecule has 100 valence electrons. The monoisotopic (exact) mass is 266 g/mol. The molecule has 0 aliphatic carbocycles. The van der Waals surface area contributed by atoms with Crippen molar-refractivity contribution in [3.63, 3.8) is 0 Å². The van der Waals surface area contributed by atoms with Gasteiger partial charge < -0.3 is 22.2 Å². The lowest BCUT2D eigenvalue weighted by Crippen LogP contribution is -2.10. The van der Waals surface area contributed by atoms with Gasteiger partial charge in [-0.05, 0) is 36.4 Å².